The fraction of sp³-hybridized carbons (Fsp3) is 0.714. The van der Waals surface area contributed by atoms with E-state index in [4.69, 9.17) is 4.74 Å². The molecular formula is C7H13O2. The summed E-state index contributed by atoms with van der Waals surface area (Å²) in [6.45, 7) is 7.21. The molecule has 0 aromatic rings. The summed E-state index contributed by atoms with van der Waals surface area (Å²) in [6, 6.07) is 0. The van der Waals surface area contributed by atoms with Crippen LogP contribution >= 0.6 is 0 Å². The van der Waals surface area contributed by atoms with Crippen LogP contribution in [0.25, 0.3) is 0 Å². The maximum absolute atomic E-state index is 10.5. The minimum atomic E-state index is -0.147. The number of rotatable bonds is 3. The van der Waals surface area contributed by atoms with Gasteiger partial charge in [-0.15, -0.1) is 0 Å². The van der Waals surface area contributed by atoms with Crippen LogP contribution in [-0.2, 0) is 9.53 Å². The zero-order chi connectivity index (χ0) is 7.28. The van der Waals surface area contributed by atoms with Gasteiger partial charge in [-0.25, -0.2) is 0 Å². The Bertz CT molecular complexity index is 88.9. The van der Waals surface area contributed by atoms with E-state index in [1.807, 2.05) is 6.92 Å². The fourth-order valence-electron chi connectivity index (χ4n) is 0.367. The van der Waals surface area contributed by atoms with E-state index in [0.717, 1.165) is 0 Å². The predicted molar refractivity (Wildman–Crippen MR) is 35.8 cm³/mol. The SMILES string of the molecule is [CH2]CC(C)OC(=O)CC. The van der Waals surface area contributed by atoms with Gasteiger partial charge in [0.25, 0.3) is 0 Å². The molecule has 0 aromatic carbocycles. The summed E-state index contributed by atoms with van der Waals surface area (Å²) in [6.07, 6.45) is 1.06. The average Bonchev–Trinajstić information content (AvgIpc) is 1.87. The van der Waals surface area contributed by atoms with E-state index >= 15 is 0 Å². The summed E-state index contributed by atoms with van der Waals surface area (Å²) < 4.78 is 4.85. The van der Waals surface area contributed by atoms with Crippen molar-refractivity contribution in [1.82, 2.24) is 0 Å². The van der Waals surface area contributed by atoms with Crippen molar-refractivity contribution in [2.45, 2.75) is 32.8 Å². The van der Waals surface area contributed by atoms with E-state index in [1.54, 1.807) is 6.92 Å². The van der Waals surface area contributed by atoms with Crippen LogP contribution in [0, 0.1) is 6.92 Å². The van der Waals surface area contributed by atoms with Gasteiger partial charge in [0.15, 0.2) is 0 Å². The van der Waals surface area contributed by atoms with E-state index in [-0.39, 0.29) is 12.1 Å². The molecule has 53 valence electrons. The summed E-state index contributed by atoms with van der Waals surface area (Å²) in [5.41, 5.74) is 0. The highest BCUT2D eigenvalue weighted by Crippen LogP contribution is 1.96. The molecule has 0 bridgehead atoms. The quantitative estimate of drug-likeness (QED) is 0.540. The Kier molecular flexibility index (Phi) is 4.10. The molecule has 0 spiro atoms. The van der Waals surface area contributed by atoms with Crippen molar-refractivity contribution in [3.63, 3.8) is 0 Å². The Hall–Kier alpha value is -0.530. The van der Waals surface area contributed by atoms with E-state index in [0.29, 0.717) is 12.8 Å². The molecule has 2 heteroatoms. The molecule has 1 radical (unpaired) electrons. The molecule has 0 aliphatic carbocycles. The van der Waals surface area contributed by atoms with Crippen molar-refractivity contribution < 1.29 is 9.53 Å². The van der Waals surface area contributed by atoms with Crippen LogP contribution in [-0.4, -0.2) is 12.1 Å². The van der Waals surface area contributed by atoms with E-state index in [2.05, 4.69) is 6.92 Å². The van der Waals surface area contributed by atoms with Crippen LogP contribution in [0.3, 0.4) is 0 Å². The topological polar surface area (TPSA) is 26.3 Å². The molecule has 1 atom stereocenters. The molecule has 0 aliphatic rings. The maximum Gasteiger partial charge on any atom is 0.305 e. The van der Waals surface area contributed by atoms with Crippen molar-refractivity contribution in [3.8, 4) is 0 Å². The van der Waals surface area contributed by atoms with Crippen molar-refractivity contribution in [2.24, 2.45) is 0 Å². The molecule has 0 fully saturated rings. The number of carbonyl (C=O) groups excluding carboxylic acids is 1. The fourth-order valence-corrected chi connectivity index (χ4v) is 0.367. The minimum Gasteiger partial charge on any atom is -0.463 e. The highest BCUT2D eigenvalue weighted by atomic mass is 16.5. The Labute approximate surface area is 56.2 Å². The standard InChI is InChI=1S/C7H13O2/c1-4-6(3)9-7(8)5-2/h6H,1,4-5H2,2-3H3. The van der Waals surface area contributed by atoms with Crippen LogP contribution in [0.15, 0.2) is 0 Å². The molecule has 0 saturated carbocycles. The van der Waals surface area contributed by atoms with Crippen LogP contribution in [0.2, 0.25) is 0 Å². The van der Waals surface area contributed by atoms with Crippen LogP contribution in [0.5, 0.6) is 0 Å². The first-order valence-corrected chi connectivity index (χ1v) is 3.19. The highest BCUT2D eigenvalue weighted by molar-refractivity contribution is 5.69. The first-order valence-electron chi connectivity index (χ1n) is 3.19. The Balaban J connectivity index is 3.34. The lowest BCUT2D eigenvalue weighted by molar-refractivity contribution is -0.147. The maximum atomic E-state index is 10.5. The Morgan fingerprint density at radius 3 is 2.67 bits per heavy atom. The molecule has 9 heavy (non-hydrogen) atoms. The van der Waals surface area contributed by atoms with E-state index < -0.39 is 0 Å². The number of esters is 1. The van der Waals surface area contributed by atoms with Crippen LogP contribution < -0.4 is 0 Å². The number of hydrogen-bond donors (Lipinski definition) is 0. The third kappa shape index (κ3) is 4.01. The van der Waals surface area contributed by atoms with Gasteiger partial charge in [-0.05, 0) is 20.3 Å². The average molecular weight is 129 g/mol. The predicted octanol–water partition coefficient (Wildman–Crippen LogP) is 1.55. The molecule has 0 amide bonds. The normalized spacial score (nSPS) is 12.8. The van der Waals surface area contributed by atoms with Gasteiger partial charge in [0, 0.05) is 6.42 Å². The molecule has 2 nitrogen and oxygen atoms in total. The van der Waals surface area contributed by atoms with Gasteiger partial charge in [-0.1, -0.05) is 6.92 Å². The van der Waals surface area contributed by atoms with Gasteiger partial charge < -0.3 is 4.74 Å². The molecule has 0 aliphatic heterocycles. The van der Waals surface area contributed by atoms with E-state index in [9.17, 15) is 4.79 Å². The molecular weight excluding hydrogens is 116 g/mol. The number of carbonyl (C=O) groups is 1. The second kappa shape index (κ2) is 4.36. The highest BCUT2D eigenvalue weighted by Gasteiger charge is 2.02. The Morgan fingerprint density at radius 2 is 2.33 bits per heavy atom. The largest absolute Gasteiger partial charge is 0.463 e. The second-order valence-corrected chi connectivity index (χ2v) is 1.94. The summed E-state index contributed by atoms with van der Waals surface area (Å²) in [4.78, 5) is 10.5. The van der Waals surface area contributed by atoms with Crippen LogP contribution in [0.1, 0.15) is 26.7 Å². The monoisotopic (exact) mass is 129 g/mol. The first kappa shape index (κ1) is 8.47. The van der Waals surface area contributed by atoms with Crippen molar-refractivity contribution in [2.75, 3.05) is 0 Å². The summed E-state index contributed by atoms with van der Waals surface area (Å²) in [5, 5.41) is 0. The minimum absolute atomic E-state index is 0.0301. The first-order chi connectivity index (χ1) is 4.20. The van der Waals surface area contributed by atoms with Crippen molar-refractivity contribution in [1.29, 1.82) is 0 Å². The third-order valence-electron chi connectivity index (χ3n) is 1.03. The molecule has 0 rings (SSSR count). The third-order valence-corrected chi connectivity index (χ3v) is 1.03. The van der Waals surface area contributed by atoms with Gasteiger partial charge in [-0.2, -0.15) is 0 Å². The molecule has 0 N–H and O–H groups in total. The van der Waals surface area contributed by atoms with Crippen molar-refractivity contribution in [3.05, 3.63) is 6.92 Å². The number of hydrogen-bond acceptors (Lipinski definition) is 2. The van der Waals surface area contributed by atoms with Gasteiger partial charge in [0.2, 0.25) is 0 Å². The lowest BCUT2D eigenvalue weighted by atomic mass is 10.3. The van der Waals surface area contributed by atoms with Gasteiger partial charge in [-0.3, -0.25) is 4.79 Å². The zero-order valence-electron chi connectivity index (χ0n) is 6.02. The van der Waals surface area contributed by atoms with Gasteiger partial charge in [0.1, 0.15) is 0 Å². The van der Waals surface area contributed by atoms with Gasteiger partial charge >= 0.3 is 5.97 Å². The number of ether oxygens (including phenoxy) is 1. The van der Waals surface area contributed by atoms with E-state index in [1.165, 1.54) is 0 Å². The van der Waals surface area contributed by atoms with Crippen LogP contribution in [0.4, 0.5) is 0 Å². The second-order valence-electron chi connectivity index (χ2n) is 1.94. The van der Waals surface area contributed by atoms with Gasteiger partial charge in [0.05, 0.1) is 6.10 Å². The molecule has 0 aromatic heterocycles. The summed E-state index contributed by atoms with van der Waals surface area (Å²) in [7, 11) is 0. The lowest BCUT2D eigenvalue weighted by Crippen LogP contribution is -2.12. The zero-order valence-corrected chi connectivity index (χ0v) is 6.02. The molecule has 0 heterocycles. The molecule has 1 unspecified atom stereocenters. The summed E-state index contributed by atoms with van der Waals surface area (Å²) >= 11 is 0. The van der Waals surface area contributed by atoms with Crippen molar-refractivity contribution >= 4 is 5.97 Å². The lowest BCUT2D eigenvalue weighted by Gasteiger charge is -2.08. The smallest absolute Gasteiger partial charge is 0.305 e. The Morgan fingerprint density at radius 1 is 1.78 bits per heavy atom. The summed E-state index contributed by atoms with van der Waals surface area (Å²) in [5.74, 6) is -0.147. The molecule has 0 saturated heterocycles.